The summed E-state index contributed by atoms with van der Waals surface area (Å²) in [5.41, 5.74) is 2.38. The Morgan fingerprint density at radius 3 is 2.16 bits per heavy atom. The van der Waals surface area contributed by atoms with Gasteiger partial charge in [0.05, 0.1) is 34.9 Å². The van der Waals surface area contributed by atoms with E-state index >= 15 is 0 Å². The van der Waals surface area contributed by atoms with Crippen molar-refractivity contribution in [2.24, 2.45) is 0 Å². The number of halogens is 2. The molecule has 3 aromatic heterocycles. The van der Waals surface area contributed by atoms with E-state index in [0.717, 1.165) is 6.26 Å². The molecule has 14 heteroatoms. The van der Waals surface area contributed by atoms with Gasteiger partial charge >= 0.3 is 0 Å². The zero-order chi connectivity index (χ0) is 27.4. The van der Waals surface area contributed by atoms with E-state index < -0.39 is 14.8 Å². The molecule has 0 aliphatic carbocycles. The Labute approximate surface area is 225 Å². The number of ether oxygens (including phenoxy) is 2. The molecule has 0 radical (unpaired) electrons. The highest BCUT2D eigenvalue weighted by Gasteiger charge is 2.24. The number of rotatable bonds is 6. The summed E-state index contributed by atoms with van der Waals surface area (Å²) in [7, 11) is -0.799. The molecular formula is C24H17Cl2N5O6S. The van der Waals surface area contributed by atoms with Crippen LogP contribution in [-0.4, -0.2) is 53.2 Å². The summed E-state index contributed by atoms with van der Waals surface area (Å²) >= 11 is 13.4. The number of pyridine rings is 1. The van der Waals surface area contributed by atoms with Crippen molar-refractivity contribution >= 4 is 55.4 Å². The predicted molar refractivity (Wildman–Crippen MR) is 142 cm³/mol. The van der Waals surface area contributed by atoms with Crippen molar-refractivity contribution in [1.29, 1.82) is 0 Å². The first-order valence-corrected chi connectivity index (χ1v) is 13.4. The van der Waals surface area contributed by atoms with Crippen molar-refractivity contribution in [2.45, 2.75) is 5.16 Å². The summed E-state index contributed by atoms with van der Waals surface area (Å²) in [4.78, 5) is 23.6. The Bertz CT molecular complexity index is 1850. The zero-order valence-electron chi connectivity index (χ0n) is 20.0. The summed E-state index contributed by atoms with van der Waals surface area (Å²) in [6.07, 6.45) is 4.03. The number of nitro groups is 1. The quantitative estimate of drug-likeness (QED) is 0.151. The topological polar surface area (TPSA) is 139 Å². The van der Waals surface area contributed by atoms with Crippen LogP contribution in [0.2, 0.25) is 10.0 Å². The third-order valence-corrected chi connectivity index (χ3v) is 7.41. The van der Waals surface area contributed by atoms with Gasteiger partial charge in [-0.1, -0.05) is 23.2 Å². The lowest BCUT2D eigenvalue weighted by Crippen LogP contribution is -2.06. The molecule has 11 nitrogen and oxygen atoms in total. The molecule has 0 aliphatic rings. The first-order valence-electron chi connectivity index (χ1n) is 10.8. The predicted octanol–water partition coefficient (Wildman–Crippen LogP) is 5.25. The number of nitrogens with zero attached hydrogens (tertiary/aromatic N) is 5. The van der Waals surface area contributed by atoms with E-state index in [9.17, 15) is 18.5 Å². The molecule has 2 aromatic carbocycles. The van der Waals surface area contributed by atoms with Gasteiger partial charge in [0.1, 0.15) is 17.1 Å². The third kappa shape index (κ3) is 4.26. The van der Waals surface area contributed by atoms with Gasteiger partial charge in [-0.25, -0.2) is 18.4 Å². The van der Waals surface area contributed by atoms with E-state index in [4.69, 9.17) is 37.7 Å². The Hall–Kier alpha value is -4.00. The van der Waals surface area contributed by atoms with Crippen molar-refractivity contribution in [2.75, 3.05) is 20.5 Å². The van der Waals surface area contributed by atoms with Crippen LogP contribution in [-0.2, 0) is 9.84 Å². The second-order valence-electron chi connectivity index (χ2n) is 8.17. The van der Waals surface area contributed by atoms with Gasteiger partial charge in [-0.2, -0.15) is 4.98 Å². The zero-order valence-corrected chi connectivity index (χ0v) is 22.3. The van der Waals surface area contributed by atoms with Crippen molar-refractivity contribution < 1.29 is 22.8 Å². The van der Waals surface area contributed by atoms with Crippen molar-refractivity contribution in [1.82, 2.24) is 19.4 Å². The molecule has 0 spiro atoms. The molecule has 38 heavy (non-hydrogen) atoms. The molecule has 0 bridgehead atoms. The molecule has 0 atom stereocenters. The number of aromatic nitrogens is 4. The normalized spacial score (nSPS) is 11.7. The van der Waals surface area contributed by atoms with Crippen LogP contribution in [0.1, 0.15) is 0 Å². The van der Waals surface area contributed by atoms with E-state index in [1.54, 1.807) is 34.9 Å². The molecule has 0 amide bonds. The van der Waals surface area contributed by atoms with Gasteiger partial charge in [0.15, 0.2) is 5.65 Å². The second kappa shape index (κ2) is 9.39. The molecule has 0 aliphatic heterocycles. The fraction of sp³-hybridized carbons (Fsp3) is 0.125. The van der Waals surface area contributed by atoms with Crippen molar-refractivity contribution in [3.05, 3.63) is 69.0 Å². The van der Waals surface area contributed by atoms with Crippen LogP contribution >= 0.6 is 23.2 Å². The van der Waals surface area contributed by atoms with Crippen LogP contribution in [0.3, 0.4) is 0 Å². The fourth-order valence-electron chi connectivity index (χ4n) is 3.99. The average molecular weight is 574 g/mol. The maximum absolute atomic E-state index is 12.2. The van der Waals surface area contributed by atoms with Crippen molar-refractivity contribution in [3.63, 3.8) is 0 Å². The minimum absolute atomic E-state index is 0.0729. The number of fused-ring (bicyclic) bond motifs is 3. The number of sulfone groups is 1. The molecule has 0 saturated heterocycles. The molecule has 5 aromatic rings. The average Bonchev–Trinajstić information content (AvgIpc) is 3.34. The monoisotopic (exact) mass is 573 g/mol. The number of imidazole rings is 1. The van der Waals surface area contributed by atoms with Crippen LogP contribution < -0.4 is 9.47 Å². The van der Waals surface area contributed by atoms with Gasteiger partial charge in [0.2, 0.25) is 15.0 Å². The van der Waals surface area contributed by atoms with Gasteiger partial charge in [0, 0.05) is 58.9 Å². The Balaban J connectivity index is 1.89. The smallest absolute Gasteiger partial charge is 0.269 e. The second-order valence-corrected chi connectivity index (χ2v) is 10.8. The summed E-state index contributed by atoms with van der Waals surface area (Å²) in [5, 5.41) is 11.6. The number of hydrogen-bond acceptors (Lipinski definition) is 9. The number of nitro benzene ring substituents is 1. The molecule has 5 rings (SSSR count). The molecule has 0 saturated carbocycles. The third-order valence-electron chi connectivity index (χ3n) is 5.80. The highest BCUT2D eigenvalue weighted by atomic mass is 35.5. The lowest BCUT2D eigenvalue weighted by Gasteiger charge is -2.16. The van der Waals surface area contributed by atoms with E-state index in [1.165, 1.54) is 32.5 Å². The highest BCUT2D eigenvalue weighted by molar-refractivity contribution is 7.90. The molecule has 0 unspecified atom stereocenters. The van der Waals surface area contributed by atoms with Crippen LogP contribution in [0.4, 0.5) is 5.69 Å². The van der Waals surface area contributed by atoms with E-state index in [2.05, 4.69) is 9.97 Å². The molecule has 3 heterocycles. The summed E-state index contributed by atoms with van der Waals surface area (Å²) < 4.78 is 36.8. The summed E-state index contributed by atoms with van der Waals surface area (Å²) in [6.45, 7) is 0. The van der Waals surface area contributed by atoms with Crippen LogP contribution in [0.15, 0.2) is 53.9 Å². The number of methoxy groups -OCH3 is 2. The van der Waals surface area contributed by atoms with Crippen LogP contribution in [0, 0.1) is 10.1 Å². The van der Waals surface area contributed by atoms with Gasteiger partial charge < -0.3 is 9.47 Å². The van der Waals surface area contributed by atoms with Gasteiger partial charge in [0.25, 0.3) is 5.69 Å². The van der Waals surface area contributed by atoms with E-state index in [1.807, 2.05) is 0 Å². The molecule has 0 N–H and O–H groups in total. The van der Waals surface area contributed by atoms with E-state index in [-0.39, 0.29) is 26.5 Å². The SMILES string of the molecule is COc1cc(OC)c(Cl)c(-c2cc3cnc(S(C)(=O)=O)nc3n3cc(-c4ccc([N+](=O)[O-])cc4)nc23)c1Cl. The minimum Gasteiger partial charge on any atom is -0.495 e. The largest absolute Gasteiger partial charge is 0.495 e. The number of hydrogen-bond donors (Lipinski definition) is 0. The molecule has 194 valence electrons. The van der Waals surface area contributed by atoms with Gasteiger partial charge in [-0.05, 0) is 18.2 Å². The Morgan fingerprint density at radius 2 is 1.61 bits per heavy atom. The van der Waals surface area contributed by atoms with E-state index in [0.29, 0.717) is 44.9 Å². The fourth-order valence-corrected chi connectivity index (χ4v) is 5.19. The van der Waals surface area contributed by atoms with Gasteiger partial charge in [-0.3, -0.25) is 14.5 Å². The highest BCUT2D eigenvalue weighted by Crippen LogP contribution is 2.47. The first kappa shape index (κ1) is 25.6. The standard InChI is InChI=1S/C24H17Cl2N5O6S/c1-36-17-9-18(37-2)21(26)19(20(17)25)15-8-13-10-27-24(38(3,34)35)29-22(13)30-11-16(28-23(15)30)12-4-6-14(7-5-12)31(32)33/h4-11H,1-3H3. The minimum atomic E-state index is -3.71. The van der Waals surface area contributed by atoms with Crippen LogP contribution in [0.25, 0.3) is 39.1 Å². The Morgan fingerprint density at radius 1 is 0.974 bits per heavy atom. The lowest BCUT2D eigenvalue weighted by atomic mass is 10.0. The number of benzene rings is 2. The maximum Gasteiger partial charge on any atom is 0.269 e. The maximum atomic E-state index is 12.2. The molecular weight excluding hydrogens is 557 g/mol. The molecule has 0 fully saturated rings. The van der Waals surface area contributed by atoms with Crippen molar-refractivity contribution in [3.8, 4) is 33.9 Å². The summed E-state index contributed by atoms with van der Waals surface area (Å²) in [5.74, 6) is 0.624. The number of non-ortho nitro benzene ring substituents is 1. The Kier molecular flexibility index (Phi) is 6.33. The first-order chi connectivity index (χ1) is 18.0. The summed E-state index contributed by atoms with van der Waals surface area (Å²) in [6, 6.07) is 9.10. The van der Waals surface area contributed by atoms with Crippen LogP contribution in [0.5, 0.6) is 11.5 Å². The van der Waals surface area contributed by atoms with Gasteiger partial charge in [-0.15, -0.1) is 0 Å². The lowest BCUT2D eigenvalue weighted by molar-refractivity contribution is -0.384.